The number of fused-ring (bicyclic) bond motifs is 1. The van der Waals surface area contributed by atoms with Crippen molar-refractivity contribution < 1.29 is 24.2 Å². The minimum atomic E-state index is -1.17. The van der Waals surface area contributed by atoms with Gasteiger partial charge in [-0.1, -0.05) is 56.6 Å². The number of amides is 2. The van der Waals surface area contributed by atoms with Crippen molar-refractivity contribution in [1.82, 2.24) is 5.32 Å². The summed E-state index contributed by atoms with van der Waals surface area (Å²) in [6.45, 7) is 8.20. The van der Waals surface area contributed by atoms with Gasteiger partial charge in [0.2, 0.25) is 5.91 Å². The van der Waals surface area contributed by atoms with Gasteiger partial charge in [0.1, 0.15) is 12.2 Å². The number of carbonyl (C=O) groups is 3. The number of hydrogen-bond acceptors (Lipinski definition) is 4. The molecule has 0 fully saturated rings. The van der Waals surface area contributed by atoms with Gasteiger partial charge >= 0.3 is 5.97 Å². The van der Waals surface area contributed by atoms with Crippen molar-refractivity contribution in [1.29, 1.82) is 0 Å². The van der Waals surface area contributed by atoms with Crippen molar-refractivity contribution in [2.24, 2.45) is 5.41 Å². The van der Waals surface area contributed by atoms with Crippen molar-refractivity contribution in [3.8, 4) is 0 Å². The molecule has 0 spiro atoms. The molecule has 7 nitrogen and oxygen atoms in total. The summed E-state index contributed by atoms with van der Waals surface area (Å²) in [7, 11) is 0. The zero-order valence-electron chi connectivity index (χ0n) is 19.2. The van der Waals surface area contributed by atoms with E-state index in [1.165, 1.54) is 6.92 Å². The van der Waals surface area contributed by atoms with Gasteiger partial charge in [0.25, 0.3) is 5.91 Å². The molecule has 0 saturated heterocycles. The van der Waals surface area contributed by atoms with Gasteiger partial charge in [-0.05, 0) is 34.7 Å². The van der Waals surface area contributed by atoms with Crippen molar-refractivity contribution in [3.63, 3.8) is 0 Å². The second kappa shape index (κ2) is 9.93. The summed E-state index contributed by atoms with van der Waals surface area (Å²) < 4.78 is 6.21. The van der Waals surface area contributed by atoms with Gasteiger partial charge in [-0.3, -0.25) is 14.4 Å². The third-order valence-corrected chi connectivity index (χ3v) is 5.43. The van der Waals surface area contributed by atoms with Crippen LogP contribution in [0.15, 0.2) is 42.5 Å². The van der Waals surface area contributed by atoms with E-state index in [2.05, 4.69) is 5.32 Å². The normalized spacial score (nSPS) is 18.5. The molecular formula is C25H29ClN2O5. The molecule has 2 aromatic carbocycles. The Morgan fingerprint density at radius 2 is 1.91 bits per heavy atom. The Kier molecular flexibility index (Phi) is 7.44. The lowest BCUT2D eigenvalue weighted by Crippen LogP contribution is -2.44. The number of carboxylic acids is 1. The highest BCUT2D eigenvalue weighted by atomic mass is 35.5. The smallest absolute Gasteiger partial charge is 0.306 e. The van der Waals surface area contributed by atoms with E-state index in [0.29, 0.717) is 29.4 Å². The van der Waals surface area contributed by atoms with Crippen LogP contribution in [0.3, 0.4) is 0 Å². The largest absolute Gasteiger partial charge is 0.481 e. The van der Waals surface area contributed by atoms with Crippen LogP contribution in [0, 0.1) is 5.41 Å². The van der Waals surface area contributed by atoms with Gasteiger partial charge < -0.3 is 20.1 Å². The summed E-state index contributed by atoms with van der Waals surface area (Å²) in [6.07, 6.45) is -2.34. The molecule has 0 radical (unpaired) electrons. The molecule has 1 heterocycles. The first-order chi connectivity index (χ1) is 15.4. The monoisotopic (exact) mass is 472 g/mol. The van der Waals surface area contributed by atoms with Crippen LogP contribution in [-0.4, -0.2) is 35.5 Å². The molecule has 2 aromatic rings. The molecule has 176 valence electrons. The molecule has 2 unspecified atom stereocenters. The third kappa shape index (κ3) is 6.33. The molecule has 2 N–H and O–H groups in total. The van der Waals surface area contributed by atoms with E-state index < -0.39 is 30.5 Å². The molecule has 2 amide bonds. The fourth-order valence-corrected chi connectivity index (χ4v) is 4.03. The van der Waals surface area contributed by atoms with Gasteiger partial charge in [-0.2, -0.15) is 0 Å². The Labute approximate surface area is 198 Å². The van der Waals surface area contributed by atoms with E-state index in [-0.39, 0.29) is 11.3 Å². The van der Waals surface area contributed by atoms with E-state index in [9.17, 15) is 19.5 Å². The number of benzene rings is 2. The quantitative estimate of drug-likeness (QED) is 0.652. The van der Waals surface area contributed by atoms with Gasteiger partial charge in [-0.15, -0.1) is 0 Å². The summed E-state index contributed by atoms with van der Waals surface area (Å²) in [5, 5.41) is 12.7. The summed E-state index contributed by atoms with van der Waals surface area (Å²) in [5.74, 6) is -1.66. The Morgan fingerprint density at radius 1 is 1.18 bits per heavy atom. The summed E-state index contributed by atoms with van der Waals surface area (Å²) in [4.78, 5) is 38.0. The number of hydrogen-bond donors (Lipinski definition) is 2. The predicted octanol–water partition coefficient (Wildman–Crippen LogP) is 4.32. The Morgan fingerprint density at radius 3 is 2.55 bits per heavy atom. The number of nitrogens with zero attached hydrogens (tertiary/aromatic N) is 1. The summed E-state index contributed by atoms with van der Waals surface area (Å²) in [6, 6.07) is 12.7. The third-order valence-electron chi connectivity index (χ3n) is 5.19. The van der Waals surface area contributed by atoms with Crippen molar-refractivity contribution in [3.05, 3.63) is 64.2 Å². The minimum Gasteiger partial charge on any atom is -0.481 e. The van der Waals surface area contributed by atoms with E-state index in [1.807, 2.05) is 45.0 Å². The molecule has 0 aliphatic carbocycles. The molecule has 0 saturated carbocycles. The topological polar surface area (TPSA) is 95.9 Å². The minimum absolute atomic E-state index is 0.145. The summed E-state index contributed by atoms with van der Waals surface area (Å²) >= 11 is 6.34. The SMILES string of the molecule is CC(=O)NCc1cccc(C2OC(CC(=O)O)C(=O)N(CC(C)(C)C)c3ccc(Cl)cc32)c1. The van der Waals surface area contributed by atoms with Crippen LogP contribution >= 0.6 is 11.6 Å². The Bertz CT molecular complexity index is 1060. The number of halogens is 1. The second-order valence-corrected chi connectivity index (χ2v) is 9.88. The van der Waals surface area contributed by atoms with Gasteiger partial charge in [0.15, 0.2) is 0 Å². The maximum Gasteiger partial charge on any atom is 0.306 e. The zero-order chi connectivity index (χ0) is 24.3. The molecule has 33 heavy (non-hydrogen) atoms. The average Bonchev–Trinajstić information content (AvgIpc) is 2.81. The summed E-state index contributed by atoms with van der Waals surface area (Å²) in [5.41, 5.74) is 2.68. The van der Waals surface area contributed by atoms with E-state index in [4.69, 9.17) is 16.3 Å². The predicted molar refractivity (Wildman–Crippen MR) is 126 cm³/mol. The van der Waals surface area contributed by atoms with Crippen LogP contribution in [0.5, 0.6) is 0 Å². The van der Waals surface area contributed by atoms with Crippen LogP contribution < -0.4 is 10.2 Å². The van der Waals surface area contributed by atoms with E-state index in [1.54, 1.807) is 23.1 Å². The maximum atomic E-state index is 13.5. The van der Waals surface area contributed by atoms with Crippen molar-refractivity contribution in [2.75, 3.05) is 11.4 Å². The number of aliphatic carboxylic acids is 1. The van der Waals surface area contributed by atoms with Gasteiger partial charge in [0, 0.05) is 36.3 Å². The van der Waals surface area contributed by atoms with Crippen molar-refractivity contribution in [2.45, 2.75) is 52.9 Å². The first-order valence-corrected chi connectivity index (χ1v) is 11.1. The Balaban J connectivity index is 2.14. The van der Waals surface area contributed by atoms with Gasteiger partial charge in [-0.25, -0.2) is 0 Å². The maximum absolute atomic E-state index is 13.5. The number of nitrogens with one attached hydrogen (secondary N) is 1. The number of ether oxygens (including phenoxy) is 1. The van der Waals surface area contributed by atoms with E-state index in [0.717, 1.165) is 11.1 Å². The molecule has 1 aliphatic rings. The zero-order valence-corrected chi connectivity index (χ0v) is 20.0. The fraction of sp³-hybridized carbons (Fsp3) is 0.400. The molecular weight excluding hydrogens is 444 g/mol. The highest BCUT2D eigenvalue weighted by Crippen LogP contribution is 2.41. The lowest BCUT2D eigenvalue weighted by Gasteiger charge is -2.31. The molecule has 8 heteroatoms. The molecule has 0 aromatic heterocycles. The first-order valence-electron chi connectivity index (χ1n) is 10.8. The van der Waals surface area contributed by atoms with Crippen molar-refractivity contribution >= 4 is 35.1 Å². The van der Waals surface area contributed by atoms with Gasteiger partial charge in [0.05, 0.1) is 6.42 Å². The lowest BCUT2D eigenvalue weighted by molar-refractivity contribution is -0.147. The average molecular weight is 473 g/mol. The van der Waals surface area contributed by atoms with Crippen LogP contribution in [0.1, 0.15) is 56.9 Å². The van der Waals surface area contributed by atoms with Crippen LogP contribution in [0.2, 0.25) is 5.02 Å². The fourth-order valence-electron chi connectivity index (χ4n) is 3.85. The van der Waals surface area contributed by atoms with Crippen LogP contribution in [0.4, 0.5) is 5.69 Å². The number of carboxylic acid groups (broad SMARTS) is 1. The highest BCUT2D eigenvalue weighted by Gasteiger charge is 2.39. The lowest BCUT2D eigenvalue weighted by atomic mass is 9.94. The first kappa shape index (κ1) is 24.7. The number of anilines is 1. The number of rotatable bonds is 6. The Hall–Kier alpha value is -2.90. The highest BCUT2D eigenvalue weighted by molar-refractivity contribution is 6.30. The number of carbonyl (C=O) groups excluding carboxylic acids is 2. The molecule has 3 rings (SSSR count). The standard InChI is InChI=1S/C25H29ClN2O5/c1-15(29)27-13-16-6-5-7-17(10-16)23-19-11-18(26)8-9-20(19)28(14-25(2,3)4)24(32)21(33-23)12-22(30)31/h5-11,21,23H,12-14H2,1-4H3,(H,27,29)(H,30,31). The van der Waals surface area contributed by atoms with Crippen LogP contribution in [0.25, 0.3) is 0 Å². The van der Waals surface area contributed by atoms with E-state index >= 15 is 0 Å². The molecule has 1 aliphatic heterocycles. The van der Waals surface area contributed by atoms with Crippen LogP contribution in [-0.2, 0) is 25.7 Å². The molecule has 0 bridgehead atoms. The second-order valence-electron chi connectivity index (χ2n) is 9.45. The molecule has 2 atom stereocenters.